The fourth-order valence-corrected chi connectivity index (χ4v) is 2.91. The second-order valence-electron chi connectivity index (χ2n) is 7.68. The summed E-state index contributed by atoms with van der Waals surface area (Å²) in [6.07, 6.45) is 9.19. The number of aromatic nitrogens is 1. The van der Waals surface area contributed by atoms with Crippen molar-refractivity contribution in [1.29, 1.82) is 0 Å². The van der Waals surface area contributed by atoms with Gasteiger partial charge in [0.15, 0.2) is 6.79 Å². The van der Waals surface area contributed by atoms with Gasteiger partial charge in [-0.1, -0.05) is 52.9 Å². The van der Waals surface area contributed by atoms with Gasteiger partial charge in [-0.3, -0.25) is 9.78 Å². The molecule has 0 bridgehead atoms. The molecule has 1 atom stereocenters. The van der Waals surface area contributed by atoms with Crippen molar-refractivity contribution in [3.05, 3.63) is 42.6 Å². The van der Waals surface area contributed by atoms with Crippen LogP contribution in [0.2, 0.25) is 0 Å². The molecule has 164 valence electrons. The molecule has 2 aromatic rings. The third kappa shape index (κ3) is 8.95. The smallest absolute Gasteiger partial charge is 0.311 e. The van der Waals surface area contributed by atoms with Crippen molar-refractivity contribution in [2.45, 2.75) is 65.7 Å². The number of esters is 1. The van der Waals surface area contributed by atoms with E-state index in [2.05, 4.69) is 18.8 Å². The first-order valence-corrected chi connectivity index (χ1v) is 11.1. The van der Waals surface area contributed by atoms with Gasteiger partial charge < -0.3 is 14.2 Å². The summed E-state index contributed by atoms with van der Waals surface area (Å²) in [5.41, 5.74) is 1.78. The van der Waals surface area contributed by atoms with Crippen molar-refractivity contribution in [3.8, 4) is 22.8 Å². The minimum atomic E-state index is -0.195. The molecule has 1 heterocycles. The minimum Gasteiger partial charge on any atom is -0.466 e. The molecular weight excluding hydrogens is 378 g/mol. The Hall–Kier alpha value is -2.40. The van der Waals surface area contributed by atoms with E-state index in [4.69, 9.17) is 14.2 Å². The first-order chi connectivity index (χ1) is 14.6. The van der Waals surface area contributed by atoms with Crippen molar-refractivity contribution >= 4 is 5.97 Å². The molecule has 0 amide bonds. The molecule has 0 spiro atoms. The van der Waals surface area contributed by atoms with E-state index < -0.39 is 0 Å². The molecule has 0 saturated carbocycles. The Kier molecular flexibility index (Phi) is 10.9. The molecular formula is C25H35NO4. The molecule has 0 aliphatic heterocycles. The molecule has 5 nitrogen and oxygen atoms in total. The van der Waals surface area contributed by atoms with Gasteiger partial charge in [-0.15, -0.1) is 0 Å². The zero-order valence-electron chi connectivity index (χ0n) is 18.6. The number of nitrogens with zero attached hydrogens (tertiary/aromatic N) is 1. The van der Waals surface area contributed by atoms with Crippen LogP contribution in [0, 0.1) is 5.92 Å². The average Bonchev–Trinajstić information content (AvgIpc) is 2.76. The predicted molar refractivity (Wildman–Crippen MR) is 120 cm³/mol. The normalized spacial score (nSPS) is 11.8. The van der Waals surface area contributed by atoms with Crippen LogP contribution >= 0.6 is 0 Å². The summed E-state index contributed by atoms with van der Waals surface area (Å²) < 4.78 is 16.5. The Bertz CT molecular complexity index is 728. The number of unbranched alkanes of at least 4 members (excludes halogenated alkanes) is 4. The van der Waals surface area contributed by atoms with Crippen LogP contribution in [0.25, 0.3) is 11.3 Å². The average molecular weight is 414 g/mol. The lowest BCUT2D eigenvalue weighted by Gasteiger charge is -2.09. The van der Waals surface area contributed by atoms with Crippen LogP contribution in [0.3, 0.4) is 0 Å². The quantitative estimate of drug-likeness (QED) is 0.155. The lowest BCUT2D eigenvalue weighted by molar-refractivity contribution is -0.135. The summed E-state index contributed by atoms with van der Waals surface area (Å²) in [4.78, 5) is 16.4. The Balaban J connectivity index is 1.74. The van der Waals surface area contributed by atoms with Gasteiger partial charge in [0.2, 0.25) is 0 Å². The molecule has 0 fully saturated rings. The van der Waals surface area contributed by atoms with Crippen molar-refractivity contribution in [1.82, 2.24) is 4.98 Å². The molecule has 2 rings (SSSR count). The van der Waals surface area contributed by atoms with Crippen molar-refractivity contribution in [3.63, 3.8) is 0 Å². The first kappa shape index (κ1) is 23.9. The number of hydrogen-bond acceptors (Lipinski definition) is 5. The highest BCUT2D eigenvalue weighted by Crippen LogP contribution is 2.23. The largest absolute Gasteiger partial charge is 0.466 e. The second-order valence-corrected chi connectivity index (χ2v) is 7.68. The summed E-state index contributed by atoms with van der Waals surface area (Å²) in [5.74, 6) is 1.37. The monoisotopic (exact) mass is 413 g/mol. The fraction of sp³-hybridized carbons (Fsp3) is 0.520. The summed E-state index contributed by atoms with van der Waals surface area (Å²) in [6, 6.07) is 11.2. The molecule has 0 saturated heterocycles. The number of rotatable bonds is 14. The number of carbonyl (C=O) groups excluding carboxylic acids is 1. The van der Waals surface area contributed by atoms with E-state index >= 15 is 0 Å². The van der Waals surface area contributed by atoms with Gasteiger partial charge in [0.1, 0.15) is 11.5 Å². The Morgan fingerprint density at radius 2 is 1.70 bits per heavy atom. The molecule has 1 aromatic heterocycles. The second kappa shape index (κ2) is 13.8. The maximum Gasteiger partial charge on any atom is 0.311 e. The number of carbonyl (C=O) groups is 1. The van der Waals surface area contributed by atoms with Gasteiger partial charge in [-0.05, 0) is 48.7 Å². The van der Waals surface area contributed by atoms with Crippen LogP contribution in [-0.4, -0.2) is 24.4 Å². The highest BCUT2D eigenvalue weighted by molar-refractivity contribution is 5.73. The summed E-state index contributed by atoms with van der Waals surface area (Å²) in [6.45, 7) is 7.29. The van der Waals surface area contributed by atoms with Gasteiger partial charge in [-0.2, -0.15) is 0 Å². The van der Waals surface area contributed by atoms with E-state index in [9.17, 15) is 4.79 Å². The molecule has 1 aromatic carbocycles. The molecule has 1 unspecified atom stereocenters. The van der Waals surface area contributed by atoms with E-state index in [0.717, 1.165) is 30.7 Å². The predicted octanol–water partition coefficient (Wildman–Crippen LogP) is 6.41. The molecule has 0 N–H and O–H groups in total. The summed E-state index contributed by atoms with van der Waals surface area (Å²) in [7, 11) is 0. The Morgan fingerprint density at radius 1 is 0.967 bits per heavy atom. The number of benzene rings is 1. The van der Waals surface area contributed by atoms with Crippen molar-refractivity contribution in [2.75, 3.05) is 13.4 Å². The molecule has 5 heteroatoms. The van der Waals surface area contributed by atoms with Crippen LogP contribution in [0.5, 0.6) is 11.5 Å². The third-order valence-corrected chi connectivity index (χ3v) is 5.03. The molecule has 30 heavy (non-hydrogen) atoms. The standard InChI is InChI=1S/C25H35NO4/c1-4-6-7-8-9-16-28-19-29-23-14-15-24(26-18-23)21-10-12-22(13-11-21)30-25(27)17-20(3)5-2/h10-15,18,20H,4-9,16-17,19H2,1-3H3. The third-order valence-electron chi connectivity index (χ3n) is 5.03. The lowest BCUT2D eigenvalue weighted by Crippen LogP contribution is -2.11. The van der Waals surface area contributed by atoms with E-state index in [1.807, 2.05) is 31.2 Å². The van der Waals surface area contributed by atoms with Gasteiger partial charge in [0.25, 0.3) is 0 Å². The number of ether oxygens (including phenoxy) is 3. The molecule has 0 aliphatic carbocycles. The fourth-order valence-electron chi connectivity index (χ4n) is 2.91. The van der Waals surface area contributed by atoms with Crippen LogP contribution < -0.4 is 9.47 Å². The van der Waals surface area contributed by atoms with Crippen molar-refractivity contribution in [2.24, 2.45) is 5.92 Å². The summed E-state index contributed by atoms with van der Waals surface area (Å²) in [5, 5.41) is 0. The van der Waals surface area contributed by atoms with Gasteiger partial charge in [-0.25, -0.2) is 0 Å². The molecule has 0 aliphatic rings. The zero-order valence-corrected chi connectivity index (χ0v) is 18.6. The first-order valence-electron chi connectivity index (χ1n) is 11.1. The van der Waals surface area contributed by atoms with Crippen LogP contribution in [0.4, 0.5) is 0 Å². The zero-order chi connectivity index (χ0) is 21.6. The van der Waals surface area contributed by atoms with Crippen LogP contribution in [-0.2, 0) is 9.53 Å². The van der Waals surface area contributed by atoms with Gasteiger partial charge in [0.05, 0.1) is 18.5 Å². The van der Waals surface area contributed by atoms with E-state index in [1.165, 1.54) is 25.7 Å². The Labute approximate surface area is 180 Å². The van der Waals surface area contributed by atoms with Gasteiger partial charge in [0, 0.05) is 12.0 Å². The van der Waals surface area contributed by atoms with Crippen LogP contribution in [0.15, 0.2) is 42.6 Å². The topological polar surface area (TPSA) is 57.7 Å². The highest BCUT2D eigenvalue weighted by Gasteiger charge is 2.10. The minimum absolute atomic E-state index is 0.195. The maximum atomic E-state index is 11.9. The SMILES string of the molecule is CCCCCCCOCOc1ccc(-c2ccc(OC(=O)CC(C)CC)cc2)nc1. The number of hydrogen-bond donors (Lipinski definition) is 0. The van der Waals surface area contributed by atoms with E-state index in [-0.39, 0.29) is 12.8 Å². The highest BCUT2D eigenvalue weighted by atomic mass is 16.7. The number of pyridine rings is 1. The van der Waals surface area contributed by atoms with E-state index in [1.54, 1.807) is 18.3 Å². The maximum absolute atomic E-state index is 11.9. The van der Waals surface area contributed by atoms with E-state index in [0.29, 0.717) is 23.8 Å². The van der Waals surface area contributed by atoms with Gasteiger partial charge >= 0.3 is 5.97 Å². The lowest BCUT2D eigenvalue weighted by atomic mass is 10.1. The Morgan fingerprint density at radius 3 is 2.37 bits per heavy atom. The van der Waals surface area contributed by atoms with Crippen LogP contribution in [0.1, 0.15) is 65.7 Å². The summed E-state index contributed by atoms with van der Waals surface area (Å²) >= 11 is 0. The van der Waals surface area contributed by atoms with Crippen molar-refractivity contribution < 1.29 is 19.0 Å². The molecule has 0 radical (unpaired) electrons.